The van der Waals surface area contributed by atoms with Crippen molar-refractivity contribution in [2.45, 2.75) is 19.4 Å². The summed E-state index contributed by atoms with van der Waals surface area (Å²) in [6, 6.07) is 15.4. The molecule has 1 aliphatic rings. The minimum Gasteiger partial charge on any atom is -0.348 e. The average Bonchev–Trinajstić information content (AvgIpc) is 3.21. The number of anilines is 1. The predicted octanol–water partition coefficient (Wildman–Crippen LogP) is 3.60. The maximum absolute atomic E-state index is 12.1. The van der Waals surface area contributed by atoms with Crippen molar-refractivity contribution < 1.29 is 9.59 Å². The van der Waals surface area contributed by atoms with Crippen molar-refractivity contribution >= 4 is 50.1 Å². The monoisotopic (exact) mass is 442 g/mol. The number of amides is 2. The number of halogens is 1. The molecule has 8 heteroatoms. The second kappa shape index (κ2) is 9.45. The molecule has 30 heavy (non-hydrogen) atoms. The molecule has 2 amide bonds. The number of para-hydroxylation sites is 1. The van der Waals surface area contributed by atoms with Gasteiger partial charge >= 0.3 is 11.8 Å². The van der Waals surface area contributed by atoms with E-state index in [-0.39, 0.29) is 6.54 Å². The summed E-state index contributed by atoms with van der Waals surface area (Å²) in [7, 11) is 0. The lowest BCUT2D eigenvalue weighted by Crippen LogP contribution is -2.43. The smallest absolute Gasteiger partial charge is 0.309 e. The van der Waals surface area contributed by atoms with Crippen LogP contribution in [0.1, 0.15) is 18.4 Å². The third-order valence-corrected chi connectivity index (χ3v) is 6.79. The summed E-state index contributed by atoms with van der Waals surface area (Å²) in [6.45, 7) is 2.54. The lowest BCUT2D eigenvalue weighted by atomic mass is 9.97. The molecule has 0 unspecified atom stereocenters. The number of nitrogens with one attached hydrogen (secondary N) is 2. The predicted molar refractivity (Wildman–Crippen MR) is 121 cm³/mol. The van der Waals surface area contributed by atoms with Crippen LogP contribution in [-0.2, 0) is 16.1 Å². The number of fused-ring (bicyclic) bond motifs is 1. The van der Waals surface area contributed by atoms with E-state index < -0.39 is 11.8 Å². The van der Waals surface area contributed by atoms with Gasteiger partial charge in [0.15, 0.2) is 5.13 Å². The topological polar surface area (TPSA) is 74.3 Å². The maximum Gasteiger partial charge on any atom is 0.309 e. The summed E-state index contributed by atoms with van der Waals surface area (Å²) >= 11 is 7.78. The van der Waals surface area contributed by atoms with Gasteiger partial charge in [0.25, 0.3) is 0 Å². The highest BCUT2D eigenvalue weighted by Gasteiger charge is 2.23. The Morgan fingerprint density at radius 3 is 2.50 bits per heavy atom. The largest absolute Gasteiger partial charge is 0.348 e. The fourth-order valence-corrected chi connectivity index (χ4v) is 4.76. The third-order valence-electron chi connectivity index (χ3n) is 5.32. The molecule has 1 fully saturated rings. The molecule has 0 radical (unpaired) electrons. The maximum atomic E-state index is 12.1. The van der Waals surface area contributed by atoms with Gasteiger partial charge in [-0.2, -0.15) is 0 Å². The molecule has 1 aromatic heterocycles. The van der Waals surface area contributed by atoms with Gasteiger partial charge in [0.1, 0.15) is 0 Å². The van der Waals surface area contributed by atoms with E-state index in [4.69, 9.17) is 16.6 Å². The molecule has 3 aromatic rings. The van der Waals surface area contributed by atoms with E-state index in [0.717, 1.165) is 42.1 Å². The first kappa shape index (κ1) is 20.6. The summed E-state index contributed by atoms with van der Waals surface area (Å²) in [5.41, 5.74) is 1.82. The fraction of sp³-hybridized carbons (Fsp3) is 0.318. The molecule has 6 nitrogen and oxygen atoms in total. The normalized spacial score (nSPS) is 14.6. The van der Waals surface area contributed by atoms with Gasteiger partial charge in [0.05, 0.1) is 10.2 Å². The van der Waals surface area contributed by atoms with Crippen molar-refractivity contribution in [3.8, 4) is 0 Å². The van der Waals surface area contributed by atoms with Crippen molar-refractivity contribution in [2.24, 2.45) is 5.92 Å². The SMILES string of the molecule is O=C(NCc1ccccc1Cl)C(=O)NCC1CCN(c2nc3ccccc3s2)CC1. The minimum absolute atomic E-state index is 0.229. The van der Waals surface area contributed by atoms with Gasteiger partial charge in [-0.05, 0) is 42.5 Å². The molecule has 4 rings (SSSR count). The van der Waals surface area contributed by atoms with Crippen LogP contribution in [0.4, 0.5) is 5.13 Å². The van der Waals surface area contributed by atoms with Crippen molar-refractivity contribution in [1.82, 2.24) is 15.6 Å². The summed E-state index contributed by atoms with van der Waals surface area (Å²) in [5, 5.41) is 7.00. The van der Waals surface area contributed by atoms with Crippen LogP contribution in [0.25, 0.3) is 10.2 Å². The first-order valence-electron chi connectivity index (χ1n) is 10.00. The van der Waals surface area contributed by atoms with Gasteiger partial charge in [-0.25, -0.2) is 4.98 Å². The van der Waals surface area contributed by atoms with E-state index >= 15 is 0 Å². The molecule has 156 valence electrons. The molecule has 2 heterocycles. The lowest BCUT2D eigenvalue weighted by Gasteiger charge is -2.31. The Kier molecular flexibility index (Phi) is 6.50. The highest BCUT2D eigenvalue weighted by atomic mass is 35.5. The zero-order chi connectivity index (χ0) is 20.9. The van der Waals surface area contributed by atoms with Gasteiger partial charge in [-0.1, -0.05) is 53.3 Å². The summed E-state index contributed by atoms with van der Waals surface area (Å²) in [6.07, 6.45) is 1.91. The Morgan fingerprint density at radius 1 is 1.03 bits per heavy atom. The molecule has 0 bridgehead atoms. The quantitative estimate of drug-likeness (QED) is 0.592. The van der Waals surface area contributed by atoms with Gasteiger partial charge in [0.2, 0.25) is 0 Å². The number of nitrogens with zero attached hydrogens (tertiary/aromatic N) is 2. The first-order chi connectivity index (χ1) is 14.6. The Balaban J connectivity index is 1.21. The number of rotatable bonds is 5. The Labute approximate surface area is 184 Å². The number of carbonyl (C=O) groups excluding carboxylic acids is 2. The molecule has 2 N–H and O–H groups in total. The second-order valence-electron chi connectivity index (χ2n) is 7.38. The Hall–Kier alpha value is -2.64. The molecular formula is C22H23ClN4O2S. The zero-order valence-electron chi connectivity index (χ0n) is 16.4. The number of thiazole rings is 1. The third kappa shape index (κ3) is 4.91. The summed E-state index contributed by atoms with van der Waals surface area (Å²) < 4.78 is 1.20. The van der Waals surface area contributed by atoms with Crippen LogP contribution in [0.3, 0.4) is 0 Å². The van der Waals surface area contributed by atoms with E-state index in [0.29, 0.717) is 17.5 Å². The van der Waals surface area contributed by atoms with Crippen LogP contribution in [0, 0.1) is 5.92 Å². The average molecular weight is 443 g/mol. The Bertz CT molecular complexity index is 1010. The minimum atomic E-state index is -0.637. The molecule has 0 atom stereocenters. The fourth-order valence-electron chi connectivity index (χ4n) is 3.54. The van der Waals surface area contributed by atoms with Crippen LogP contribution >= 0.6 is 22.9 Å². The standard InChI is InChI=1S/C22H23ClN4O2S/c23-17-6-2-1-5-16(17)14-25-21(29)20(28)24-13-15-9-11-27(12-10-15)22-26-18-7-3-4-8-19(18)30-22/h1-8,15H,9-14H2,(H,24,28)(H,25,29). The van der Waals surface area contributed by atoms with Crippen molar-refractivity contribution in [1.29, 1.82) is 0 Å². The summed E-state index contributed by atoms with van der Waals surface area (Å²) in [4.78, 5) is 31.2. The molecule has 0 spiro atoms. The number of hydrogen-bond donors (Lipinski definition) is 2. The van der Waals surface area contributed by atoms with Gasteiger partial charge in [-0.15, -0.1) is 0 Å². The highest BCUT2D eigenvalue weighted by Crippen LogP contribution is 2.31. The summed E-state index contributed by atoms with van der Waals surface area (Å²) in [5.74, 6) is -0.881. The van der Waals surface area contributed by atoms with Crippen LogP contribution in [0.5, 0.6) is 0 Å². The number of aromatic nitrogens is 1. The van der Waals surface area contributed by atoms with E-state index in [1.807, 2.05) is 36.4 Å². The van der Waals surface area contributed by atoms with Crippen molar-refractivity contribution in [3.63, 3.8) is 0 Å². The van der Waals surface area contributed by atoms with Crippen molar-refractivity contribution in [2.75, 3.05) is 24.5 Å². The van der Waals surface area contributed by atoms with Gasteiger partial charge in [-0.3, -0.25) is 9.59 Å². The molecule has 1 aliphatic heterocycles. The number of piperidine rings is 1. The van der Waals surface area contributed by atoms with Gasteiger partial charge in [0, 0.05) is 31.2 Å². The van der Waals surface area contributed by atoms with Crippen LogP contribution in [0.2, 0.25) is 5.02 Å². The van der Waals surface area contributed by atoms with Crippen LogP contribution < -0.4 is 15.5 Å². The number of carbonyl (C=O) groups is 2. The van der Waals surface area contributed by atoms with E-state index in [1.54, 1.807) is 17.4 Å². The van der Waals surface area contributed by atoms with Gasteiger partial charge < -0.3 is 15.5 Å². The Morgan fingerprint density at radius 2 is 1.73 bits per heavy atom. The van der Waals surface area contributed by atoms with Crippen LogP contribution in [-0.4, -0.2) is 36.4 Å². The molecule has 0 saturated carbocycles. The molecule has 1 saturated heterocycles. The van der Waals surface area contributed by atoms with E-state index in [9.17, 15) is 9.59 Å². The van der Waals surface area contributed by atoms with E-state index in [2.05, 4.69) is 21.6 Å². The lowest BCUT2D eigenvalue weighted by molar-refractivity contribution is -0.139. The number of benzene rings is 2. The highest BCUT2D eigenvalue weighted by molar-refractivity contribution is 7.22. The number of hydrogen-bond acceptors (Lipinski definition) is 5. The van der Waals surface area contributed by atoms with E-state index in [1.165, 1.54) is 4.70 Å². The zero-order valence-corrected chi connectivity index (χ0v) is 18.0. The van der Waals surface area contributed by atoms with Crippen molar-refractivity contribution in [3.05, 3.63) is 59.1 Å². The molecule has 2 aromatic carbocycles. The van der Waals surface area contributed by atoms with Crippen LogP contribution in [0.15, 0.2) is 48.5 Å². The molecule has 0 aliphatic carbocycles. The first-order valence-corrected chi connectivity index (χ1v) is 11.2. The molecular weight excluding hydrogens is 420 g/mol. The second-order valence-corrected chi connectivity index (χ2v) is 8.79.